The van der Waals surface area contributed by atoms with Crippen LogP contribution in [-0.4, -0.2) is 17.1 Å². The molecule has 0 saturated heterocycles. The zero-order chi connectivity index (χ0) is 23.3. The van der Waals surface area contributed by atoms with Crippen molar-refractivity contribution >= 4 is 81.4 Å². The highest BCUT2D eigenvalue weighted by molar-refractivity contribution is 8.00. The van der Waals surface area contributed by atoms with Crippen molar-refractivity contribution in [1.82, 2.24) is 0 Å². The Kier molecular flexibility index (Phi) is 8.74. The summed E-state index contributed by atoms with van der Waals surface area (Å²) in [6, 6.07) is 16.8. The van der Waals surface area contributed by atoms with Gasteiger partial charge in [0.2, 0.25) is 5.91 Å². The van der Waals surface area contributed by atoms with Gasteiger partial charge in [-0.25, -0.2) is 0 Å². The van der Waals surface area contributed by atoms with Gasteiger partial charge in [-0.2, -0.15) is 0 Å². The summed E-state index contributed by atoms with van der Waals surface area (Å²) in [5, 5.41) is 6.89. The summed E-state index contributed by atoms with van der Waals surface area (Å²) in [6.45, 7) is 1.92. The van der Waals surface area contributed by atoms with Crippen LogP contribution >= 0.6 is 58.2 Å². The fraction of sp³-hybridized carbons (Fsp3) is 0.130. The molecule has 2 N–H and O–H groups in total. The summed E-state index contributed by atoms with van der Waals surface area (Å²) in [7, 11) is 0. The van der Waals surface area contributed by atoms with Crippen LogP contribution in [0.1, 0.15) is 23.7 Å². The van der Waals surface area contributed by atoms with E-state index < -0.39 is 0 Å². The fourth-order valence-corrected chi connectivity index (χ4v) is 4.66. The third-order valence-corrected chi connectivity index (χ3v) is 6.87. The molecule has 0 heterocycles. The maximum atomic E-state index is 12.8. The maximum absolute atomic E-state index is 12.8. The van der Waals surface area contributed by atoms with E-state index in [1.54, 1.807) is 48.5 Å². The molecule has 9 heteroatoms. The number of hydrogen-bond donors (Lipinski definition) is 2. The average Bonchev–Trinajstić information content (AvgIpc) is 2.74. The highest BCUT2D eigenvalue weighted by Crippen LogP contribution is 2.31. The van der Waals surface area contributed by atoms with Crippen molar-refractivity contribution in [1.29, 1.82) is 0 Å². The van der Waals surface area contributed by atoms with Gasteiger partial charge in [0.15, 0.2) is 0 Å². The molecule has 0 aromatic heterocycles. The van der Waals surface area contributed by atoms with E-state index in [-0.39, 0.29) is 22.1 Å². The minimum atomic E-state index is -0.373. The molecule has 0 radical (unpaired) electrons. The number of hydrogen-bond acceptors (Lipinski definition) is 3. The number of rotatable bonds is 7. The van der Waals surface area contributed by atoms with Gasteiger partial charge >= 0.3 is 0 Å². The molecule has 3 aromatic carbocycles. The number of carbonyl (C=O) groups is 2. The van der Waals surface area contributed by atoms with Gasteiger partial charge in [-0.1, -0.05) is 59.4 Å². The fourth-order valence-electron chi connectivity index (χ4n) is 2.81. The van der Waals surface area contributed by atoms with Gasteiger partial charge in [-0.3, -0.25) is 9.59 Å². The molecule has 0 aliphatic carbocycles. The first kappa shape index (κ1) is 24.7. The van der Waals surface area contributed by atoms with E-state index in [9.17, 15) is 9.59 Å². The maximum Gasteiger partial charge on any atom is 0.257 e. The smallest absolute Gasteiger partial charge is 0.257 e. The molecule has 3 aromatic rings. The molecule has 0 spiro atoms. The van der Waals surface area contributed by atoms with Crippen LogP contribution in [0, 0.1) is 0 Å². The Morgan fingerprint density at radius 2 is 1.59 bits per heavy atom. The highest BCUT2D eigenvalue weighted by Gasteiger charge is 2.20. The molecule has 2 amide bonds. The van der Waals surface area contributed by atoms with E-state index in [1.807, 2.05) is 13.0 Å². The lowest BCUT2D eigenvalue weighted by Crippen LogP contribution is -2.24. The van der Waals surface area contributed by atoms with Gasteiger partial charge < -0.3 is 10.6 Å². The van der Waals surface area contributed by atoms with E-state index in [0.717, 1.165) is 4.90 Å². The molecule has 0 aliphatic rings. The predicted octanol–water partition coefficient (Wildman–Crippen LogP) is 8.06. The van der Waals surface area contributed by atoms with Crippen molar-refractivity contribution in [2.75, 3.05) is 10.6 Å². The van der Waals surface area contributed by atoms with Gasteiger partial charge in [0, 0.05) is 20.6 Å². The third-order valence-electron chi connectivity index (χ3n) is 4.40. The standard InChI is InChI=1S/C23H18Cl4N2O2S/c1-2-21(23(31)29-20-11-14(25)7-9-18(20)26)32-16-5-3-4-15(12-16)28-22(30)17-8-6-13(24)10-19(17)27/h3-12,21H,2H2,1H3,(H,28,30)(H,29,31). The Hall–Kier alpha value is -1.89. The molecule has 0 fully saturated rings. The Morgan fingerprint density at radius 3 is 2.31 bits per heavy atom. The molecule has 4 nitrogen and oxygen atoms in total. The second-order valence-corrected chi connectivity index (χ2v) is 9.70. The number of thioether (sulfide) groups is 1. The van der Waals surface area contributed by atoms with Gasteiger partial charge in [0.1, 0.15) is 0 Å². The molecule has 1 unspecified atom stereocenters. The lowest BCUT2D eigenvalue weighted by atomic mass is 10.2. The van der Waals surface area contributed by atoms with Gasteiger partial charge in [-0.05, 0) is 61.0 Å². The van der Waals surface area contributed by atoms with E-state index in [4.69, 9.17) is 46.4 Å². The first-order chi connectivity index (χ1) is 15.3. The van der Waals surface area contributed by atoms with Crippen LogP contribution in [0.4, 0.5) is 11.4 Å². The van der Waals surface area contributed by atoms with Gasteiger partial charge in [-0.15, -0.1) is 11.8 Å². The Bertz CT molecular complexity index is 1160. The molecule has 166 valence electrons. The lowest BCUT2D eigenvalue weighted by molar-refractivity contribution is -0.115. The Morgan fingerprint density at radius 1 is 0.875 bits per heavy atom. The first-order valence-corrected chi connectivity index (χ1v) is 11.9. The minimum Gasteiger partial charge on any atom is -0.324 e. The summed E-state index contributed by atoms with van der Waals surface area (Å²) in [6.07, 6.45) is 0.589. The van der Waals surface area contributed by atoms with Crippen molar-refractivity contribution in [3.63, 3.8) is 0 Å². The van der Waals surface area contributed by atoms with Crippen molar-refractivity contribution < 1.29 is 9.59 Å². The van der Waals surface area contributed by atoms with Crippen molar-refractivity contribution in [2.24, 2.45) is 0 Å². The molecule has 3 rings (SSSR count). The molecule has 0 saturated carbocycles. The van der Waals surface area contributed by atoms with Gasteiger partial charge in [0.25, 0.3) is 5.91 Å². The number of anilines is 2. The van der Waals surface area contributed by atoms with Crippen molar-refractivity contribution in [2.45, 2.75) is 23.5 Å². The number of nitrogens with one attached hydrogen (secondary N) is 2. The van der Waals surface area contributed by atoms with Crippen LogP contribution in [0.2, 0.25) is 20.1 Å². The predicted molar refractivity (Wildman–Crippen MR) is 136 cm³/mol. The van der Waals surface area contributed by atoms with Crippen LogP contribution < -0.4 is 10.6 Å². The number of halogens is 4. The summed E-state index contributed by atoms with van der Waals surface area (Å²) in [5.41, 5.74) is 1.36. The van der Waals surface area contributed by atoms with E-state index in [2.05, 4.69) is 10.6 Å². The second-order valence-electron chi connectivity index (χ2n) is 6.73. The van der Waals surface area contributed by atoms with Crippen LogP contribution in [0.3, 0.4) is 0 Å². The van der Waals surface area contributed by atoms with Crippen molar-refractivity contribution in [3.8, 4) is 0 Å². The topological polar surface area (TPSA) is 58.2 Å². The largest absolute Gasteiger partial charge is 0.324 e. The van der Waals surface area contributed by atoms with Crippen LogP contribution in [-0.2, 0) is 4.79 Å². The minimum absolute atomic E-state index is 0.191. The molecular formula is C23H18Cl4N2O2S. The molecular weight excluding hydrogens is 510 g/mol. The quantitative estimate of drug-likeness (QED) is 0.305. The number of benzene rings is 3. The normalized spacial score (nSPS) is 11.7. The van der Waals surface area contributed by atoms with Gasteiger partial charge in [0.05, 0.1) is 26.5 Å². The third kappa shape index (κ3) is 6.56. The van der Waals surface area contributed by atoms with Crippen LogP contribution in [0.5, 0.6) is 0 Å². The molecule has 32 heavy (non-hydrogen) atoms. The highest BCUT2D eigenvalue weighted by atomic mass is 35.5. The summed E-state index contributed by atoms with van der Waals surface area (Å²) in [5.74, 6) is -0.543. The van der Waals surface area contributed by atoms with Crippen LogP contribution in [0.25, 0.3) is 0 Å². The summed E-state index contributed by atoms with van der Waals surface area (Å²) >= 11 is 25.5. The summed E-state index contributed by atoms with van der Waals surface area (Å²) < 4.78 is 0. The second kappa shape index (κ2) is 11.3. The molecule has 0 aliphatic heterocycles. The van der Waals surface area contributed by atoms with E-state index in [0.29, 0.717) is 38.4 Å². The average molecular weight is 528 g/mol. The van der Waals surface area contributed by atoms with E-state index in [1.165, 1.54) is 17.8 Å². The Balaban J connectivity index is 1.70. The molecule has 1 atom stereocenters. The van der Waals surface area contributed by atoms with E-state index >= 15 is 0 Å². The first-order valence-electron chi connectivity index (χ1n) is 9.56. The van der Waals surface area contributed by atoms with Crippen molar-refractivity contribution in [3.05, 3.63) is 86.3 Å². The SMILES string of the molecule is CCC(Sc1cccc(NC(=O)c2ccc(Cl)cc2Cl)c1)C(=O)Nc1cc(Cl)ccc1Cl. The molecule has 0 bridgehead atoms. The zero-order valence-electron chi connectivity index (χ0n) is 16.8. The zero-order valence-corrected chi connectivity index (χ0v) is 20.6. The number of amides is 2. The Labute approximate surface area is 210 Å². The lowest BCUT2D eigenvalue weighted by Gasteiger charge is -2.16. The van der Waals surface area contributed by atoms with Crippen LogP contribution in [0.15, 0.2) is 65.6 Å². The number of carbonyl (C=O) groups excluding carboxylic acids is 2. The monoisotopic (exact) mass is 526 g/mol. The summed E-state index contributed by atoms with van der Waals surface area (Å²) in [4.78, 5) is 26.2.